The summed E-state index contributed by atoms with van der Waals surface area (Å²) in [6.45, 7) is 5.10. The molecular formula is C11H23ClN2O2S. The van der Waals surface area contributed by atoms with Gasteiger partial charge in [-0.15, -0.1) is 11.6 Å². The Morgan fingerprint density at radius 3 is 2.82 bits per heavy atom. The van der Waals surface area contributed by atoms with Crippen LogP contribution in [0.4, 0.5) is 0 Å². The Labute approximate surface area is 110 Å². The average molecular weight is 283 g/mol. The molecule has 0 amide bonds. The van der Waals surface area contributed by atoms with Crippen molar-refractivity contribution in [2.75, 3.05) is 32.4 Å². The summed E-state index contributed by atoms with van der Waals surface area (Å²) in [7, 11) is -3.02. The fourth-order valence-electron chi connectivity index (χ4n) is 2.10. The van der Waals surface area contributed by atoms with E-state index < -0.39 is 10.0 Å². The fourth-order valence-corrected chi connectivity index (χ4v) is 3.15. The van der Waals surface area contributed by atoms with Crippen molar-refractivity contribution in [1.29, 1.82) is 0 Å². The SMILES string of the molecule is CC(Cl)CCNCC1CCCN(S(C)(=O)=O)C1. The van der Waals surface area contributed by atoms with Crippen molar-refractivity contribution < 1.29 is 8.42 Å². The highest BCUT2D eigenvalue weighted by atomic mass is 35.5. The van der Waals surface area contributed by atoms with Crippen LogP contribution in [-0.2, 0) is 10.0 Å². The zero-order valence-corrected chi connectivity index (χ0v) is 12.2. The molecule has 1 rings (SSSR count). The van der Waals surface area contributed by atoms with Gasteiger partial charge in [-0.05, 0) is 45.2 Å². The molecule has 0 aromatic carbocycles. The van der Waals surface area contributed by atoms with E-state index in [4.69, 9.17) is 11.6 Å². The van der Waals surface area contributed by atoms with Crippen LogP contribution < -0.4 is 5.32 Å². The summed E-state index contributed by atoms with van der Waals surface area (Å²) in [5, 5.41) is 3.55. The van der Waals surface area contributed by atoms with E-state index in [0.717, 1.165) is 32.4 Å². The molecular weight excluding hydrogens is 260 g/mol. The van der Waals surface area contributed by atoms with E-state index in [9.17, 15) is 8.42 Å². The number of nitrogens with one attached hydrogen (secondary N) is 1. The van der Waals surface area contributed by atoms with Crippen molar-refractivity contribution in [3.63, 3.8) is 0 Å². The Bertz CT molecular complexity index is 319. The van der Waals surface area contributed by atoms with E-state index in [-0.39, 0.29) is 5.38 Å². The van der Waals surface area contributed by atoms with Crippen LogP contribution in [-0.4, -0.2) is 50.5 Å². The molecule has 1 aliphatic heterocycles. The highest BCUT2D eigenvalue weighted by Gasteiger charge is 2.25. The summed E-state index contributed by atoms with van der Waals surface area (Å²) in [6.07, 6.45) is 4.31. The summed E-state index contributed by atoms with van der Waals surface area (Å²) in [5.74, 6) is 0.434. The smallest absolute Gasteiger partial charge is 0.211 e. The van der Waals surface area contributed by atoms with Gasteiger partial charge in [0.05, 0.1) is 6.26 Å². The maximum atomic E-state index is 11.4. The molecule has 0 radical (unpaired) electrons. The number of hydrogen-bond acceptors (Lipinski definition) is 3. The Morgan fingerprint density at radius 1 is 1.53 bits per heavy atom. The number of piperidine rings is 1. The van der Waals surface area contributed by atoms with Gasteiger partial charge >= 0.3 is 0 Å². The fraction of sp³-hybridized carbons (Fsp3) is 1.00. The van der Waals surface area contributed by atoms with Crippen LogP contribution in [0.3, 0.4) is 0 Å². The van der Waals surface area contributed by atoms with Crippen molar-refractivity contribution in [3.8, 4) is 0 Å². The van der Waals surface area contributed by atoms with Gasteiger partial charge in [0, 0.05) is 18.5 Å². The van der Waals surface area contributed by atoms with Crippen LogP contribution in [0.2, 0.25) is 0 Å². The quantitative estimate of drug-likeness (QED) is 0.589. The Kier molecular flexibility index (Phi) is 6.20. The molecule has 6 heteroatoms. The van der Waals surface area contributed by atoms with E-state index >= 15 is 0 Å². The summed E-state index contributed by atoms with van der Waals surface area (Å²) in [6, 6.07) is 0. The highest BCUT2D eigenvalue weighted by Crippen LogP contribution is 2.17. The molecule has 1 aliphatic rings. The molecule has 2 unspecified atom stereocenters. The van der Waals surface area contributed by atoms with Gasteiger partial charge in [-0.2, -0.15) is 0 Å². The Balaban J connectivity index is 2.26. The molecule has 0 bridgehead atoms. The van der Waals surface area contributed by atoms with E-state index in [1.165, 1.54) is 6.26 Å². The zero-order valence-electron chi connectivity index (χ0n) is 10.7. The lowest BCUT2D eigenvalue weighted by Crippen LogP contribution is -2.42. The van der Waals surface area contributed by atoms with E-state index in [1.807, 2.05) is 6.92 Å². The third kappa shape index (κ3) is 6.04. The van der Waals surface area contributed by atoms with E-state index in [0.29, 0.717) is 19.0 Å². The van der Waals surface area contributed by atoms with Gasteiger partial charge in [-0.1, -0.05) is 0 Å². The summed E-state index contributed by atoms with van der Waals surface area (Å²) in [4.78, 5) is 0. The molecule has 0 saturated carbocycles. The second kappa shape index (κ2) is 6.92. The zero-order chi connectivity index (χ0) is 12.9. The first-order valence-electron chi connectivity index (χ1n) is 6.19. The Hall–Kier alpha value is 0.160. The number of sulfonamides is 1. The molecule has 1 saturated heterocycles. The van der Waals surface area contributed by atoms with Crippen LogP contribution in [0.1, 0.15) is 26.2 Å². The minimum absolute atomic E-state index is 0.196. The molecule has 17 heavy (non-hydrogen) atoms. The first kappa shape index (κ1) is 15.2. The number of halogens is 1. The molecule has 0 aromatic heterocycles. The molecule has 4 nitrogen and oxygen atoms in total. The van der Waals surface area contributed by atoms with Gasteiger partial charge in [0.15, 0.2) is 0 Å². The lowest BCUT2D eigenvalue weighted by atomic mass is 10.00. The van der Waals surface area contributed by atoms with Gasteiger partial charge < -0.3 is 5.32 Å². The number of nitrogens with zero attached hydrogens (tertiary/aromatic N) is 1. The molecule has 1 heterocycles. The van der Waals surface area contributed by atoms with Crippen molar-refractivity contribution in [3.05, 3.63) is 0 Å². The van der Waals surface area contributed by atoms with E-state index in [2.05, 4.69) is 5.32 Å². The summed E-state index contributed by atoms with van der Waals surface area (Å²) in [5.41, 5.74) is 0. The number of alkyl halides is 1. The Morgan fingerprint density at radius 2 is 2.24 bits per heavy atom. The number of rotatable bonds is 6. The molecule has 0 spiro atoms. The van der Waals surface area contributed by atoms with Gasteiger partial charge in [-0.25, -0.2) is 12.7 Å². The molecule has 0 aliphatic carbocycles. The third-order valence-electron chi connectivity index (χ3n) is 3.10. The highest BCUT2D eigenvalue weighted by molar-refractivity contribution is 7.88. The molecule has 1 fully saturated rings. The van der Waals surface area contributed by atoms with Crippen LogP contribution >= 0.6 is 11.6 Å². The largest absolute Gasteiger partial charge is 0.316 e. The van der Waals surface area contributed by atoms with Crippen molar-refractivity contribution in [2.45, 2.75) is 31.6 Å². The first-order valence-corrected chi connectivity index (χ1v) is 8.48. The maximum Gasteiger partial charge on any atom is 0.211 e. The lowest BCUT2D eigenvalue weighted by molar-refractivity contribution is 0.261. The van der Waals surface area contributed by atoms with Crippen LogP contribution in [0.15, 0.2) is 0 Å². The maximum absolute atomic E-state index is 11.4. The van der Waals surface area contributed by atoms with Crippen LogP contribution in [0, 0.1) is 5.92 Å². The predicted molar refractivity (Wildman–Crippen MR) is 71.9 cm³/mol. The van der Waals surface area contributed by atoms with Crippen LogP contribution in [0.25, 0.3) is 0 Å². The second-order valence-corrected chi connectivity index (χ2v) is 7.63. The van der Waals surface area contributed by atoms with Crippen LogP contribution in [0.5, 0.6) is 0 Å². The third-order valence-corrected chi connectivity index (χ3v) is 4.59. The molecule has 2 atom stereocenters. The average Bonchev–Trinajstić information content (AvgIpc) is 2.23. The van der Waals surface area contributed by atoms with E-state index in [1.54, 1.807) is 4.31 Å². The predicted octanol–water partition coefficient (Wildman–Crippen LogP) is 1.27. The van der Waals surface area contributed by atoms with Gasteiger partial charge in [0.25, 0.3) is 0 Å². The number of hydrogen-bond donors (Lipinski definition) is 1. The first-order chi connectivity index (χ1) is 7.89. The topological polar surface area (TPSA) is 49.4 Å². The van der Waals surface area contributed by atoms with Gasteiger partial charge in [-0.3, -0.25) is 0 Å². The lowest BCUT2D eigenvalue weighted by Gasteiger charge is -2.31. The normalized spacial score (nSPS) is 24.8. The molecule has 102 valence electrons. The second-order valence-electron chi connectivity index (χ2n) is 4.90. The summed E-state index contributed by atoms with van der Waals surface area (Å²) >= 11 is 5.85. The monoisotopic (exact) mass is 282 g/mol. The standard InChI is InChI=1S/C11H23ClN2O2S/c1-10(12)5-6-13-8-11-4-3-7-14(9-11)17(2,15)16/h10-11,13H,3-9H2,1-2H3. The summed E-state index contributed by atoms with van der Waals surface area (Å²) < 4.78 is 24.5. The van der Waals surface area contributed by atoms with Crippen molar-refractivity contribution in [1.82, 2.24) is 9.62 Å². The van der Waals surface area contributed by atoms with Gasteiger partial charge in [0.2, 0.25) is 10.0 Å². The molecule has 1 N–H and O–H groups in total. The molecule has 0 aromatic rings. The minimum Gasteiger partial charge on any atom is -0.316 e. The van der Waals surface area contributed by atoms with Crippen molar-refractivity contribution >= 4 is 21.6 Å². The van der Waals surface area contributed by atoms with Gasteiger partial charge in [0.1, 0.15) is 0 Å². The minimum atomic E-state index is -3.02. The van der Waals surface area contributed by atoms with Crippen molar-refractivity contribution in [2.24, 2.45) is 5.92 Å².